The van der Waals surface area contributed by atoms with Crippen LogP contribution in [0, 0.1) is 6.92 Å². The summed E-state index contributed by atoms with van der Waals surface area (Å²) in [6, 6.07) is 23.8. The third-order valence-electron chi connectivity index (χ3n) is 6.50. The topological polar surface area (TPSA) is 52.7 Å². The van der Waals surface area contributed by atoms with E-state index in [4.69, 9.17) is 0 Å². The van der Waals surface area contributed by atoms with Crippen molar-refractivity contribution in [3.8, 4) is 0 Å². The molecule has 0 atom stereocenters. The van der Waals surface area contributed by atoms with E-state index in [9.17, 15) is 9.59 Å². The summed E-state index contributed by atoms with van der Waals surface area (Å²) in [5, 5.41) is 3.08. The molecule has 38 heavy (non-hydrogen) atoms. The molecule has 0 unspecified atom stereocenters. The van der Waals surface area contributed by atoms with Crippen molar-refractivity contribution in [2.24, 2.45) is 0 Å². The van der Waals surface area contributed by atoms with Crippen LogP contribution in [0.1, 0.15) is 53.7 Å². The molecule has 6 heteroatoms. The van der Waals surface area contributed by atoms with Gasteiger partial charge in [-0.2, -0.15) is 0 Å². The maximum Gasteiger partial charge on any atom is 0.265 e. The van der Waals surface area contributed by atoms with Crippen LogP contribution in [-0.2, 0) is 11.3 Å². The van der Waals surface area contributed by atoms with E-state index >= 15 is 0 Å². The van der Waals surface area contributed by atoms with Crippen LogP contribution in [0.15, 0.2) is 82.6 Å². The van der Waals surface area contributed by atoms with Crippen LogP contribution in [0.3, 0.4) is 0 Å². The summed E-state index contributed by atoms with van der Waals surface area (Å²) in [4.78, 5) is 32.7. The number of nitrogens with one attached hydrogen (secondary N) is 1. The maximum absolute atomic E-state index is 13.8. The third-order valence-corrected chi connectivity index (χ3v) is 7.58. The highest BCUT2D eigenvalue weighted by molar-refractivity contribution is 8.04. The molecule has 4 rings (SSSR count). The van der Waals surface area contributed by atoms with E-state index in [2.05, 4.69) is 43.1 Å². The lowest BCUT2D eigenvalue weighted by atomic mass is 10.1. The Morgan fingerprint density at radius 3 is 2.42 bits per heavy atom. The van der Waals surface area contributed by atoms with Crippen LogP contribution in [0.4, 0.5) is 5.69 Å². The highest BCUT2D eigenvalue weighted by atomic mass is 32.2. The first kappa shape index (κ1) is 27.7. The first-order valence-corrected chi connectivity index (χ1v) is 14.3. The molecule has 1 N–H and O–H groups in total. The van der Waals surface area contributed by atoms with Gasteiger partial charge >= 0.3 is 0 Å². The molecule has 0 radical (unpaired) electrons. The van der Waals surface area contributed by atoms with Crippen LogP contribution in [-0.4, -0.2) is 42.9 Å². The lowest BCUT2D eigenvalue weighted by Crippen LogP contribution is -2.36. The van der Waals surface area contributed by atoms with E-state index in [0.29, 0.717) is 23.6 Å². The Balaban J connectivity index is 1.59. The number of aryl methyl sites for hydroxylation is 1. The van der Waals surface area contributed by atoms with Gasteiger partial charge in [0.25, 0.3) is 11.8 Å². The van der Waals surface area contributed by atoms with Gasteiger partial charge in [-0.25, -0.2) is 0 Å². The first-order chi connectivity index (χ1) is 18.5. The maximum atomic E-state index is 13.8. The van der Waals surface area contributed by atoms with Crippen molar-refractivity contribution in [2.75, 3.05) is 31.1 Å². The van der Waals surface area contributed by atoms with Crippen molar-refractivity contribution in [1.82, 2.24) is 10.2 Å². The molecular formula is C32H37N3O2S. The van der Waals surface area contributed by atoms with Gasteiger partial charge in [-0.3, -0.25) is 9.59 Å². The molecule has 0 bridgehead atoms. The number of amides is 2. The zero-order valence-corrected chi connectivity index (χ0v) is 23.4. The van der Waals surface area contributed by atoms with Gasteiger partial charge in [-0.1, -0.05) is 85.8 Å². The van der Waals surface area contributed by atoms with Crippen LogP contribution in [0.5, 0.6) is 0 Å². The normalized spacial score (nSPS) is 14.2. The number of fused-ring (bicyclic) bond motifs is 1. The molecule has 0 fully saturated rings. The number of hydrogen-bond acceptors (Lipinski definition) is 4. The molecular weight excluding hydrogens is 490 g/mol. The van der Waals surface area contributed by atoms with Crippen LogP contribution < -0.4 is 10.2 Å². The molecule has 3 aromatic carbocycles. The molecule has 0 saturated carbocycles. The molecule has 1 aliphatic rings. The fraction of sp³-hybridized carbons (Fsp3) is 0.312. The van der Waals surface area contributed by atoms with Crippen LogP contribution >= 0.6 is 11.8 Å². The Morgan fingerprint density at radius 2 is 1.71 bits per heavy atom. The lowest BCUT2D eigenvalue weighted by molar-refractivity contribution is -0.114. The highest BCUT2D eigenvalue weighted by Crippen LogP contribution is 2.43. The second-order valence-electron chi connectivity index (χ2n) is 9.68. The summed E-state index contributed by atoms with van der Waals surface area (Å²) in [6.45, 7) is 10.3. The minimum Gasteiger partial charge on any atom is -0.351 e. The summed E-state index contributed by atoms with van der Waals surface area (Å²) < 4.78 is 0. The summed E-state index contributed by atoms with van der Waals surface area (Å²) >= 11 is 1.46. The Labute approximate surface area is 230 Å². The average Bonchev–Trinajstić information content (AvgIpc) is 2.91. The number of carbonyl (C=O) groups excluding carboxylic acids is 2. The smallest absolute Gasteiger partial charge is 0.265 e. The van der Waals surface area contributed by atoms with Crippen molar-refractivity contribution < 1.29 is 9.59 Å². The molecule has 2 amide bonds. The summed E-state index contributed by atoms with van der Waals surface area (Å²) in [5.74, 6) is -0.167. The predicted molar refractivity (Wildman–Crippen MR) is 158 cm³/mol. The standard InChI is InChI=1S/C32H37N3O2S/c1-4-17-34(18-5-2)19-16-33-31(36)27-14-15-29-28(22-27)35(23-26-13-9-10-24(3)20-26)32(37)30(38-29)21-25-11-7-6-8-12-25/h6-15,20-22H,4-5,16-19,23H2,1-3H3,(H,33,36). The number of anilines is 1. The molecule has 1 heterocycles. The lowest BCUT2D eigenvalue weighted by Gasteiger charge is -2.31. The van der Waals surface area contributed by atoms with Crippen molar-refractivity contribution in [3.63, 3.8) is 0 Å². The van der Waals surface area contributed by atoms with Gasteiger partial charge in [0.2, 0.25) is 0 Å². The van der Waals surface area contributed by atoms with E-state index in [-0.39, 0.29) is 11.8 Å². The molecule has 0 aromatic heterocycles. The van der Waals surface area contributed by atoms with Gasteiger partial charge in [0, 0.05) is 23.5 Å². The van der Waals surface area contributed by atoms with Gasteiger partial charge in [0.1, 0.15) is 0 Å². The Kier molecular flexibility index (Phi) is 9.79. The van der Waals surface area contributed by atoms with Gasteiger partial charge < -0.3 is 15.1 Å². The fourth-order valence-electron chi connectivity index (χ4n) is 4.70. The number of rotatable bonds is 11. The van der Waals surface area contributed by atoms with Crippen molar-refractivity contribution in [3.05, 3.63) is 100.0 Å². The van der Waals surface area contributed by atoms with E-state index in [1.165, 1.54) is 11.8 Å². The number of benzene rings is 3. The molecule has 1 aliphatic heterocycles. The zero-order chi connectivity index (χ0) is 26.9. The van der Waals surface area contributed by atoms with E-state index in [1.807, 2.05) is 66.7 Å². The minimum atomic E-state index is -0.112. The second kappa shape index (κ2) is 13.4. The second-order valence-corrected chi connectivity index (χ2v) is 10.8. The minimum absolute atomic E-state index is 0.0554. The van der Waals surface area contributed by atoms with Gasteiger partial charge in [-0.15, -0.1) is 0 Å². The fourth-order valence-corrected chi connectivity index (χ4v) is 5.74. The molecule has 0 aliphatic carbocycles. The zero-order valence-electron chi connectivity index (χ0n) is 22.6. The van der Waals surface area contributed by atoms with Gasteiger partial charge in [0.15, 0.2) is 0 Å². The highest BCUT2D eigenvalue weighted by Gasteiger charge is 2.30. The summed E-state index contributed by atoms with van der Waals surface area (Å²) in [5.41, 5.74) is 4.53. The number of thioether (sulfide) groups is 1. The van der Waals surface area contributed by atoms with Gasteiger partial charge in [-0.05, 0) is 68.3 Å². The first-order valence-electron chi connectivity index (χ1n) is 13.4. The molecule has 0 spiro atoms. The quantitative estimate of drug-likeness (QED) is 0.288. The molecule has 3 aromatic rings. The summed E-state index contributed by atoms with van der Waals surface area (Å²) in [7, 11) is 0. The monoisotopic (exact) mass is 527 g/mol. The number of hydrogen-bond donors (Lipinski definition) is 1. The van der Waals surface area contributed by atoms with E-state index < -0.39 is 0 Å². The van der Waals surface area contributed by atoms with Gasteiger partial charge in [0.05, 0.1) is 17.1 Å². The average molecular weight is 528 g/mol. The summed E-state index contributed by atoms with van der Waals surface area (Å²) in [6.07, 6.45) is 4.14. The number of carbonyl (C=O) groups is 2. The Morgan fingerprint density at radius 1 is 0.947 bits per heavy atom. The van der Waals surface area contributed by atoms with Crippen molar-refractivity contribution in [1.29, 1.82) is 0 Å². The SMILES string of the molecule is CCCN(CCC)CCNC(=O)c1ccc2c(c1)N(Cc1cccc(C)c1)C(=O)C(=Cc1ccccc1)S2. The van der Waals surface area contributed by atoms with E-state index in [1.54, 1.807) is 4.90 Å². The largest absolute Gasteiger partial charge is 0.351 e. The predicted octanol–water partition coefficient (Wildman–Crippen LogP) is 6.53. The van der Waals surface area contributed by atoms with E-state index in [0.717, 1.165) is 59.7 Å². The van der Waals surface area contributed by atoms with Crippen LogP contribution in [0.25, 0.3) is 6.08 Å². The van der Waals surface area contributed by atoms with Crippen LogP contribution in [0.2, 0.25) is 0 Å². The Bertz CT molecular complexity index is 1280. The number of nitrogens with zero attached hydrogens (tertiary/aromatic N) is 2. The Hall–Kier alpha value is -3.35. The van der Waals surface area contributed by atoms with Crippen molar-refractivity contribution >= 4 is 35.3 Å². The molecule has 0 saturated heterocycles. The molecule has 198 valence electrons. The third kappa shape index (κ3) is 7.15. The molecule has 5 nitrogen and oxygen atoms in total. The van der Waals surface area contributed by atoms with Crippen molar-refractivity contribution in [2.45, 2.75) is 45.1 Å².